The van der Waals surface area contributed by atoms with E-state index in [1.807, 2.05) is 24.3 Å². The quantitative estimate of drug-likeness (QED) is 0.445. The Morgan fingerprint density at radius 1 is 0.680 bits per heavy atom. The molecule has 1 heterocycles. The summed E-state index contributed by atoms with van der Waals surface area (Å²) < 4.78 is 5.85. The standard InChI is InChI=1S/C22H21NOSi/c1-25(2,3)19-14-12-17(13-15-19)16-8-10-18(11-9-16)22-23-20-6-4-5-7-21(20)24-22/h4-15H,1-3H3. The lowest BCUT2D eigenvalue weighted by Gasteiger charge is -2.16. The van der Waals surface area contributed by atoms with E-state index in [4.69, 9.17) is 4.42 Å². The van der Waals surface area contributed by atoms with Gasteiger partial charge in [0, 0.05) is 5.56 Å². The highest BCUT2D eigenvalue weighted by molar-refractivity contribution is 6.88. The highest BCUT2D eigenvalue weighted by Gasteiger charge is 2.15. The van der Waals surface area contributed by atoms with Crippen LogP contribution in [0.4, 0.5) is 0 Å². The summed E-state index contributed by atoms with van der Waals surface area (Å²) in [5.41, 5.74) is 5.17. The van der Waals surface area contributed by atoms with Gasteiger partial charge in [-0.3, -0.25) is 0 Å². The Balaban J connectivity index is 1.63. The zero-order valence-electron chi connectivity index (χ0n) is 14.8. The van der Waals surface area contributed by atoms with E-state index in [9.17, 15) is 0 Å². The first-order chi connectivity index (χ1) is 12.0. The van der Waals surface area contributed by atoms with E-state index in [0.717, 1.165) is 16.7 Å². The Morgan fingerprint density at radius 3 is 1.84 bits per heavy atom. The Morgan fingerprint density at radius 2 is 1.24 bits per heavy atom. The molecule has 0 fully saturated rings. The van der Waals surface area contributed by atoms with Crippen LogP contribution in [-0.4, -0.2) is 13.1 Å². The third-order valence-corrected chi connectivity index (χ3v) is 6.58. The number of benzene rings is 3. The van der Waals surface area contributed by atoms with E-state index in [2.05, 4.69) is 73.2 Å². The minimum Gasteiger partial charge on any atom is -0.436 e. The number of oxazole rings is 1. The molecule has 3 aromatic carbocycles. The van der Waals surface area contributed by atoms with Gasteiger partial charge in [0.25, 0.3) is 0 Å². The van der Waals surface area contributed by atoms with Gasteiger partial charge in [-0.2, -0.15) is 0 Å². The maximum Gasteiger partial charge on any atom is 0.227 e. The zero-order valence-corrected chi connectivity index (χ0v) is 15.8. The van der Waals surface area contributed by atoms with Crippen LogP contribution in [0.3, 0.4) is 0 Å². The van der Waals surface area contributed by atoms with Crippen molar-refractivity contribution in [3.05, 3.63) is 72.8 Å². The molecule has 3 heteroatoms. The molecule has 0 aliphatic heterocycles. The number of aromatic nitrogens is 1. The second-order valence-electron chi connectivity index (χ2n) is 7.39. The molecule has 0 bridgehead atoms. The summed E-state index contributed by atoms with van der Waals surface area (Å²) >= 11 is 0. The second-order valence-corrected chi connectivity index (χ2v) is 12.5. The molecule has 25 heavy (non-hydrogen) atoms. The average Bonchev–Trinajstić information content (AvgIpc) is 3.05. The molecule has 0 amide bonds. The summed E-state index contributed by atoms with van der Waals surface area (Å²) in [6.07, 6.45) is 0. The van der Waals surface area contributed by atoms with Crippen LogP contribution in [0.2, 0.25) is 19.6 Å². The SMILES string of the molecule is C[Si](C)(C)c1ccc(-c2ccc(-c3nc4ccccc4o3)cc2)cc1. The molecule has 0 saturated heterocycles. The number of hydrogen-bond donors (Lipinski definition) is 0. The lowest BCUT2D eigenvalue weighted by molar-refractivity contribution is 0.620. The van der Waals surface area contributed by atoms with E-state index in [0.29, 0.717) is 5.89 Å². The number of rotatable bonds is 3. The molecule has 0 N–H and O–H groups in total. The second kappa shape index (κ2) is 6.01. The van der Waals surface area contributed by atoms with E-state index in [1.54, 1.807) is 0 Å². The number of fused-ring (bicyclic) bond motifs is 1. The fraction of sp³-hybridized carbons (Fsp3) is 0.136. The van der Waals surface area contributed by atoms with Crippen LogP contribution >= 0.6 is 0 Å². The lowest BCUT2D eigenvalue weighted by atomic mass is 10.0. The van der Waals surface area contributed by atoms with E-state index in [-0.39, 0.29) is 0 Å². The largest absolute Gasteiger partial charge is 0.436 e. The first-order valence-corrected chi connectivity index (χ1v) is 12.1. The highest BCUT2D eigenvalue weighted by atomic mass is 28.3. The summed E-state index contributed by atoms with van der Waals surface area (Å²) in [7, 11) is -1.25. The van der Waals surface area contributed by atoms with E-state index in [1.165, 1.54) is 16.3 Å². The van der Waals surface area contributed by atoms with E-state index < -0.39 is 8.07 Å². The Labute approximate surface area is 149 Å². The van der Waals surface area contributed by atoms with Crippen LogP contribution in [0.25, 0.3) is 33.7 Å². The molecular formula is C22H21NOSi. The van der Waals surface area contributed by atoms with Crippen molar-refractivity contribution in [3.8, 4) is 22.6 Å². The van der Waals surface area contributed by atoms with Crippen molar-refractivity contribution in [1.29, 1.82) is 0 Å². The summed E-state index contributed by atoms with van der Waals surface area (Å²) in [4.78, 5) is 4.56. The molecule has 2 nitrogen and oxygen atoms in total. The smallest absolute Gasteiger partial charge is 0.227 e. The average molecular weight is 344 g/mol. The van der Waals surface area contributed by atoms with Gasteiger partial charge in [-0.05, 0) is 35.4 Å². The summed E-state index contributed by atoms with van der Waals surface area (Å²) in [6.45, 7) is 7.12. The van der Waals surface area contributed by atoms with Crippen LogP contribution in [0, 0.1) is 0 Å². The van der Waals surface area contributed by atoms with Crippen LogP contribution in [0.1, 0.15) is 0 Å². The van der Waals surface area contributed by atoms with E-state index >= 15 is 0 Å². The first-order valence-electron chi connectivity index (χ1n) is 8.58. The van der Waals surface area contributed by atoms with Gasteiger partial charge < -0.3 is 4.42 Å². The maximum absolute atomic E-state index is 5.85. The third-order valence-electron chi connectivity index (χ3n) is 4.51. The maximum atomic E-state index is 5.85. The topological polar surface area (TPSA) is 26.0 Å². The fourth-order valence-corrected chi connectivity index (χ4v) is 4.13. The monoisotopic (exact) mass is 343 g/mol. The molecule has 0 saturated carbocycles. The molecule has 0 aliphatic rings. The van der Waals surface area contributed by atoms with Crippen molar-refractivity contribution in [3.63, 3.8) is 0 Å². The molecule has 4 aromatic rings. The van der Waals surface area contributed by atoms with Crippen molar-refractivity contribution < 1.29 is 4.42 Å². The van der Waals surface area contributed by atoms with Crippen LogP contribution in [0.15, 0.2) is 77.2 Å². The Kier molecular flexibility index (Phi) is 3.81. The van der Waals surface area contributed by atoms with Gasteiger partial charge in [-0.25, -0.2) is 4.98 Å². The molecule has 0 spiro atoms. The van der Waals surface area contributed by atoms with Gasteiger partial charge in [0.1, 0.15) is 5.52 Å². The summed E-state index contributed by atoms with van der Waals surface area (Å²) in [5, 5.41) is 1.49. The zero-order chi connectivity index (χ0) is 17.4. The molecule has 1 aromatic heterocycles. The lowest BCUT2D eigenvalue weighted by Crippen LogP contribution is -2.37. The molecule has 0 unspecified atom stereocenters. The van der Waals surface area contributed by atoms with Gasteiger partial charge in [-0.15, -0.1) is 0 Å². The van der Waals surface area contributed by atoms with Crippen molar-refractivity contribution in [2.75, 3.05) is 0 Å². The predicted octanol–water partition coefficient (Wildman–Crippen LogP) is 5.71. The van der Waals surface area contributed by atoms with Gasteiger partial charge in [0.05, 0.1) is 8.07 Å². The number of para-hydroxylation sites is 2. The van der Waals surface area contributed by atoms with Gasteiger partial charge in [0.2, 0.25) is 5.89 Å². The highest BCUT2D eigenvalue weighted by Crippen LogP contribution is 2.27. The number of nitrogens with zero attached hydrogens (tertiary/aromatic N) is 1. The first kappa shape index (κ1) is 15.9. The molecule has 0 atom stereocenters. The summed E-state index contributed by atoms with van der Waals surface area (Å²) in [6, 6.07) is 25.3. The van der Waals surface area contributed by atoms with Crippen LogP contribution < -0.4 is 5.19 Å². The van der Waals surface area contributed by atoms with Crippen molar-refractivity contribution in [2.45, 2.75) is 19.6 Å². The number of hydrogen-bond acceptors (Lipinski definition) is 2. The molecule has 124 valence electrons. The molecule has 0 radical (unpaired) electrons. The Hall–Kier alpha value is -2.65. The molecular weight excluding hydrogens is 322 g/mol. The normalized spacial score (nSPS) is 11.8. The van der Waals surface area contributed by atoms with Gasteiger partial charge in [-0.1, -0.05) is 73.4 Å². The Bertz CT molecular complexity index is 976. The minimum atomic E-state index is -1.25. The van der Waals surface area contributed by atoms with Crippen molar-refractivity contribution in [2.24, 2.45) is 0 Å². The third kappa shape index (κ3) is 3.15. The summed E-state index contributed by atoms with van der Waals surface area (Å²) in [5.74, 6) is 0.668. The molecule has 4 rings (SSSR count). The minimum absolute atomic E-state index is 0.668. The van der Waals surface area contributed by atoms with Crippen molar-refractivity contribution in [1.82, 2.24) is 4.98 Å². The van der Waals surface area contributed by atoms with Crippen LogP contribution in [0.5, 0.6) is 0 Å². The van der Waals surface area contributed by atoms with Crippen molar-refractivity contribution >= 4 is 24.4 Å². The van der Waals surface area contributed by atoms with Gasteiger partial charge in [0.15, 0.2) is 5.58 Å². The predicted molar refractivity (Wildman–Crippen MR) is 108 cm³/mol. The van der Waals surface area contributed by atoms with Gasteiger partial charge >= 0.3 is 0 Å². The molecule has 0 aliphatic carbocycles. The fourth-order valence-electron chi connectivity index (χ4n) is 2.96. The van der Waals surface area contributed by atoms with Crippen LogP contribution in [-0.2, 0) is 0 Å².